The molecule has 0 aliphatic heterocycles. The standard InChI is InChI=1S/C8H20NO3Si2/c1-7(8(2,3)9)6-14(10-4,11-5)12-13/h7H,6,9H2,1-5H3. The molecule has 2 N–H and O–H groups in total. The van der Waals surface area contributed by atoms with Gasteiger partial charge in [0.1, 0.15) is 0 Å². The van der Waals surface area contributed by atoms with Gasteiger partial charge >= 0.3 is 8.80 Å². The van der Waals surface area contributed by atoms with Crippen molar-refractivity contribution in [2.45, 2.75) is 32.4 Å². The van der Waals surface area contributed by atoms with E-state index in [1.807, 2.05) is 13.8 Å². The van der Waals surface area contributed by atoms with E-state index in [4.69, 9.17) is 18.7 Å². The fraction of sp³-hybridized carbons (Fsp3) is 1.00. The minimum absolute atomic E-state index is 0.255. The van der Waals surface area contributed by atoms with Gasteiger partial charge in [-0.15, -0.1) is 0 Å². The van der Waals surface area contributed by atoms with Gasteiger partial charge in [-0.05, 0) is 19.8 Å². The summed E-state index contributed by atoms with van der Waals surface area (Å²) in [6.45, 7) is 6.02. The van der Waals surface area contributed by atoms with Crippen molar-refractivity contribution in [3.05, 3.63) is 0 Å². The van der Waals surface area contributed by atoms with Crippen LogP contribution in [0.25, 0.3) is 0 Å². The summed E-state index contributed by atoms with van der Waals surface area (Å²) >= 11 is 0. The van der Waals surface area contributed by atoms with Crippen LogP contribution in [-0.4, -0.2) is 39.0 Å². The van der Waals surface area contributed by atoms with Gasteiger partial charge in [0.2, 0.25) is 10.5 Å². The predicted molar refractivity (Wildman–Crippen MR) is 58.8 cm³/mol. The fourth-order valence-corrected chi connectivity index (χ4v) is 3.79. The molecule has 0 spiro atoms. The maximum Gasteiger partial charge on any atom is 0.490 e. The van der Waals surface area contributed by atoms with Crippen LogP contribution in [-0.2, 0) is 13.0 Å². The van der Waals surface area contributed by atoms with Crippen LogP contribution in [0.15, 0.2) is 0 Å². The van der Waals surface area contributed by atoms with Crippen molar-refractivity contribution in [2.24, 2.45) is 11.7 Å². The summed E-state index contributed by atoms with van der Waals surface area (Å²) in [5, 5.41) is 0. The molecule has 1 unspecified atom stereocenters. The van der Waals surface area contributed by atoms with E-state index in [9.17, 15) is 0 Å². The molecule has 0 aromatic rings. The van der Waals surface area contributed by atoms with E-state index in [2.05, 4.69) is 17.4 Å². The first-order chi connectivity index (χ1) is 6.31. The average molecular weight is 234 g/mol. The molecule has 0 fully saturated rings. The summed E-state index contributed by atoms with van der Waals surface area (Å²) in [6, 6.07) is 0.688. The Labute approximate surface area is 91.0 Å². The Balaban J connectivity index is 4.45. The molecular weight excluding hydrogens is 214 g/mol. The molecule has 0 heterocycles. The van der Waals surface area contributed by atoms with Crippen molar-refractivity contribution < 1.29 is 13.0 Å². The second kappa shape index (κ2) is 5.38. The molecule has 0 aliphatic rings. The summed E-state index contributed by atoms with van der Waals surface area (Å²) in [4.78, 5) is 0. The molecule has 14 heavy (non-hydrogen) atoms. The smallest absolute Gasteiger partial charge is 0.415 e. The van der Waals surface area contributed by atoms with Crippen LogP contribution in [0.1, 0.15) is 20.8 Å². The highest BCUT2D eigenvalue weighted by atomic mass is 28.4. The Morgan fingerprint density at radius 2 is 1.79 bits per heavy atom. The average Bonchev–Trinajstić information content (AvgIpc) is 2.12. The van der Waals surface area contributed by atoms with E-state index in [0.29, 0.717) is 6.04 Å². The Kier molecular flexibility index (Phi) is 5.49. The zero-order valence-corrected chi connectivity index (χ0v) is 11.6. The molecule has 6 heteroatoms. The van der Waals surface area contributed by atoms with E-state index in [1.165, 1.54) is 0 Å². The van der Waals surface area contributed by atoms with Gasteiger partial charge in [0.25, 0.3) is 0 Å². The SMILES string of the molecule is CO[Si](CC(C)C(C)(C)N)(OC)O[Si]. The third-order valence-electron chi connectivity index (χ3n) is 2.60. The summed E-state index contributed by atoms with van der Waals surface area (Å²) in [5.74, 6) is 0.255. The first kappa shape index (κ1) is 14.3. The lowest BCUT2D eigenvalue weighted by Gasteiger charge is -2.33. The highest BCUT2D eigenvalue weighted by Crippen LogP contribution is 2.25. The van der Waals surface area contributed by atoms with Gasteiger partial charge in [0, 0.05) is 25.8 Å². The van der Waals surface area contributed by atoms with Crippen LogP contribution in [0, 0.1) is 5.92 Å². The summed E-state index contributed by atoms with van der Waals surface area (Å²) in [5.41, 5.74) is 5.73. The van der Waals surface area contributed by atoms with Gasteiger partial charge in [-0.2, -0.15) is 0 Å². The normalized spacial score (nSPS) is 15.6. The molecule has 0 saturated heterocycles. The molecule has 0 rings (SSSR count). The van der Waals surface area contributed by atoms with E-state index in [1.54, 1.807) is 14.2 Å². The third kappa shape index (κ3) is 3.80. The van der Waals surface area contributed by atoms with E-state index >= 15 is 0 Å². The summed E-state index contributed by atoms with van der Waals surface area (Å²) in [6.07, 6.45) is 0. The minimum Gasteiger partial charge on any atom is -0.415 e. The molecule has 0 aromatic carbocycles. The van der Waals surface area contributed by atoms with E-state index in [0.717, 1.165) is 0 Å². The largest absolute Gasteiger partial charge is 0.490 e. The fourth-order valence-electron chi connectivity index (χ4n) is 1.01. The Bertz CT molecular complexity index is 160. The van der Waals surface area contributed by atoms with Crippen molar-refractivity contribution in [3.8, 4) is 0 Å². The molecule has 83 valence electrons. The molecule has 3 radical (unpaired) electrons. The molecule has 0 aromatic heterocycles. The highest BCUT2D eigenvalue weighted by Gasteiger charge is 2.41. The molecule has 1 atom stereocenters. The molecule has 0 amide bonds. The lowest BCUT2D eigenvalue weighted by molar-refractivity contribution is 0.154. The second-order valence-electron chi connectivity index (χ2n) is 4.12. The molecule has 4 nitrogen and oxygen atoms in total. The summed E-state index contributed by atoms with van der Waals surface area (Å²) < 4.78 is 15.7. The Morgan fingerprint density at radius 3 is 2.00 bits per heavy atom. The number of hydrogen-bond donors (Lipinski definition) is 1. The van der Waals surface area contributed by atoms with Gasteiger partial charge < -0.3 is 18.7 Å². The van der Waals surface area contributed by atoms with Crippen LogP contribution in [0.2, 0.25) is 6.04 Å². The van der Waals surface area contributed by atoms with Gasteiger partial charge in [0.05, 0.1) is 0 Å². The maximum atomic E-state index is 5.99. The van der Waals surface area contributed by atoms with E-state index < -0.39 is 8.80 Å². The predicted octanol–water partition coefficient (Wildman–Crippen LogP) is 0.692. The third-order valence-corrected chi connectivity index (χ3v) is 6.20. The molecule has 0 bridgehead atoms. The number of hydrogen-bond acceptors (Lipinski definition) is 4. The van der Waals surface area contributed by atoms with Crippen molar-refractivity contribution in [1.82, 2.24) is 0 Å². The molecular formula is C8H20NO3Si2. The van der Waals surface area contributed by atoms with Gasteiger partial charge in [0.15, 0.2) is 0 Å². The molecule has 0 aliphatic carbocycles. The van der Waals surface area contributed by atoms with Gasteiger partial charge in [-0.1, -0.05) is 6.92 Å². The maximum absolute atomic E-state index is 5.99. The van der Waals surface area contributed by atoms with Crippen LogP contribution in [0.4, 0.5) is 0 Å². The Morgan fingerprint density at radius 1 is 1.36 bits per heavy atom. The van der Waals surface area contributed by atoms with Crippen molar-refractivity contribution in [3.63, 3.8) is 0 Å². The quantitative estimate of drug-likeness (QED) is 0.687. The van der Waals surface area contributed by atoms with Crippen molar-refractivity contribution >= 4 is 19.3 Å². The van der Waals surface area contributed by atoms with E-state index in [-0.39, 0.29) is 11.5 Å². The number of rotatable bonds is 6. The first-order valence-corrected chi connectivity index (χ1v) is 6.89. The lowest BCUT2D eigenvalue weighted by Crippen LogP contribution is -2.50. The lowest BCUT2D eigenvalue weighted by atomic mass is 9.92. The number of nitrogens with two attached hydrogens (primary N) is 1. The second-order valence-corrected chi connectivity index (χ2v) is 7.53. The van der Waals surface area contributed by atoms with Gasteiger partial charge in [-0.3, -0.25) is 0 Å². The summed E-state index contributed by atoms with van der Waals surface area (Å²) in [7, 11) is 3.63. The highest BCUT2D eigenvalue weighted by molar-refractivity contribution is 6.63. The van der Waals surface area contributed by atoms with Crippen molar-refractivity contribution in [2.75, 3.05) is 14.2 Å². The topological polar surface area (TPSA) is 53.7 Å². The zero-order valence-electron chi connectivity index (χ0n) is 9.59. The van der Waals surface area contributed by atoms with Crippen LogP contribution in [0.5, 0.6) is 0 Å². The van der Waals surface area contributed by atoms with Gasteiger partial charge in [-0.25, -0.2) is 0 Å². The Hall–Kier alpha value is 0.274. The minimum atomic E-state index is -2.56. The monoisotopic (exact) mass is 234 g/mol. The first-order valence-electron chi connectivity index (χ1n) is 4.55. The zero-order chi connectivity index (χ0) is 11.4. The van der Waals surface area contributed by atoms with Crippen LogP contribution < -0.4 is 5.73 Å². The van der Waals surface area contributed by atoms with Crippen molar-refractivity contribution in [1.29, 1.82) is 0 Å². The molecule has 0 saturated carbocycles. The van der Waals surface area contributed by atoms with Crippen LogP contribution in [0.3, 0.4) is 0 Å². The van der Waals surface area contributed by atoms with Crippen LogP contribution >= 0.6 is 0 Å².